The van der Waals surface area contributed by atoms with Gasteiger partial charge in [0.2, 0.25) is 0 Å². The van der Waals surface area contributed by atoms with Gasteiger partial charge in [-0.25, -0.2) is 4.98 Å². The van der Waals surface area contributed by atoms with Crippen LogP contribution in [-0.4, -0.2) is 65.1 Å². The van der Waals surface area contributed by atoms with Gasteiger partial charge in [0.15, 0.2) is 0 Å². The maximum Gasteiger partial charge on any atom is 0.273 e. The third kappa shape index (κ3) is 4.66. The number of hydrogen-bond donors (Lipinski definition) is 1. The third-order valence-electron chi connectivity index (χ3n) is 4.42. The molecule has 2 aromatic rings. The first-order chi connectivity index (χ1) is 12.0. The van der Waals surface area contributed by atoms with E-state index in [0.717, 1.165) is 24.3 Å². The summed E-state index contributed by atoms with van der Waals surface area (Å²) in [5.41, 5.74) is 0.847. The Morgan fingerprint density at radius 3 is 2.84 bits per heavy atom. The fraction of sp³-hybridized carbons (Fsp3) is 0.474. The zero-order chi connectivity index (χ0) is 17.9. The Morgan fingerprint density at radius 1 is 1.36 bits per heavy atom. The van der Waals surface area contributed by atoms with E-state index >= 15 is 0 Å². The van der Waals surface area contributed by atoms with E-state index in [2.05, 4.69) is 17.1 Å². The summed E-state index contributed by atoms with van der Waals surface area (Å²) in [6.07, 6.45) is 2.28. The number of likely N-dealkylation sites (N-methyl/N-ethyl adjacent to an activating group) is 1. The van der Waals surface area contributed by atoms with Gasteiger partial charge in [-0.1, -0.05) is 30.3 Å². The molecule has 0 aliphatic carbocycles. The molecule has 0 saturated carbocycles. The normalized spacial score (nSPS) is 20.9. The number of rotatable bonds is 5. The topological polar surface area (TPSA) is 56.7 Å². The molecule has 1 aliphatic heterocycles. The fourth-order valence-corrected chi connectivity index (χ4v) is 4.23. The number of aromatic nitrogens is 1. The summed E-state index contributed by atoms with van der Waals surface area (Å²) < 4.78 is 0. The molecule has 1 fully saturated rings. The van der Waals surface area contributed by atoms with Crippen LogP contribution in [-0.2, 0) is 6.42 Å². The zero-order valence-corrected chi connectivity index (χ0v) is 15.6. The Bertz CT molecular complexity index is 716. The quantitative estimate of drug-likeness (QED) is 0.890. The average molecular weight is 359 g/mol. The fourth-order valence-electron chi connectivity index (χ4n) is 3.43. The highest BCUT2D eigenvalue weighted by Gasteiger charge is 2.36. The van der Waals surface area contributed by atoms with Crippen molar-refractivity contribution in [1.82, 2.24) is 14.8 Å². The van der Waals surface area contributed by atoms with Crippen LogP contribution in [0.15, 0.2) is 35.7 Å². The van der Waals surface area contributed by atoms with Crippen molar-refractivity contribution in [2.75, 3.05) is 33.7 Å². The van der Waals surface area contributed by atoms with E-state index in [4.69, 9.17) is 0 Å². The average Bonchev–Trinajstić information content (AvgIpc) is 3.02. The van der Waals surface area contributed by atoms with Crippen LogP contribution in [0.1, 0.15) is 33.9 Å². The van der Waals surface area contributed by atoms with Crippen LogP contribution in [0.25, 0.3) is 0 Å². The lowest BCUT2D eigenvalue weighted by Gasteiger charge is -2.40. The molecule has 1 amide bonds. The molecule has 1 aliphatic rings. The lowest BCUT2D eigenvalue weighted by molar-refractivity contribution is -0.0392. The van der Waals surface area contributed by atoms with Gasteiger partial charge in [0.05, 0.1) is 17.2 Å². The largest absolute Gasteiger partial charge is 0.387 e. The summed E-state index contributed by atoms with van der Waals surface area (Å²) in [6.45, 7) is 1.61. The minimum atomic E-state index is -0.833. The molecular weight excluding hydrogens is 334 g/mol. The van der Waals surface area contributed by atoms with E-state index in [1.165, 1.54) is 16.9 Å². The molecule has 1 aromatic heterocycles. The number of carbonyl (C=O) groups is 1. The van der Waals surface area contributed by atoms with Gasteiger partial charge in [-0.2, -0.15) is 0 Å². The molecule has 1 unspecified atom stereocenters. The van der Waals surface area contributed by atoms with Crippen molar-refractivity contribution < 1.29 is 9.90 Å². The summed E-state index contributed by atoms with van der Waals surface area (Å²) in [4.78, 5) is 21.0. The number of piperidine rings is 1. The number of thiazole rings is 1. The van der Waals surface area contributed by atoms with E-state index < -0.39 is 5.60 Å². The highest BCUT2D eigenvalue weighted by Crippen LogP contribution is 2.24. The standard InChI is InChI=1S/C19H25N3O2S/c1-21(2)13-19(24)9-6-10-22(14-19)18(23)16-12-25-17(20-16)11-15-7-4-3-5-8-15/h3-5,7-8,12,24H,6,9-11,13-14H2,1-2H3. The monoisotopic (exact) mass is 359 g/mol. The molecule has 5 nitrogen and oxygen atoms in total. The number of nitrogens with zero attached hydrogens (tertiary/aromatic N) is 3. The lowest BCUT2D eigenvalue weighted by Crippen LogP contribution is -2.54. The molecule has 1 atom stereocenters. The van der Waals surface area contributed by atoms with E-state index in [1.807, 2.05) is 42.6 Å². The SMILES string of the molecule is CN(C)CC1(O)CCCN(C(=O)c2csc(Cc3ccccc3)n2)C1. The Hall–Kier alpha value is -1.76. The smallest absolute Gasteiger partial charge is 0.273 e. The number of amides is 1. The predicted molar refractivity (Wildman–Crippen MR) is 100 cm³/mol. The van der Waals surface area contributed by atoms with E-state index in [-0.39, 0.29) is 5.91 Å². The highest BCUT2D eigenvalue weighted by molar-refractivity contribution is 7.09. The maximum absolute atomic E-state index is 12.8. The summed E-state index contributed by atoms with van der Waals surface area (Å²) in [5.74, 6) is -0.0764. The second-order valence-electron chi connectivity index (χ2n) is 7.08. The first-order valence-electron chi connectivity index (χ1n) is 8.60. The Labute approximate surface area is 152 Å². The molecule has 25 heavy (non-hydrogen) atoms. The molecule has 0 bridgehead atoms. The number of aliphatic hydroxyl groups is 1. The molecule has 2 heterocycles. The molecule has 0 radical (unpaired) electrons. The van der Waals surface area contributed by atoms with E-state index in [9.17, 15) is 9.90 Å². The van der Waals surface area contributed by atoms with Crippen LogP contribution in [0, 0.1) is 0 Å². The van der Waals surface area contributed by atoms with Crippen LogP contribution in [0.5, 0.6) is 0 Å². The van der Waals surface area contributed by atoms with Crippen molar-refractivity contribution >= 4 is 17.2 Å². The Balaban J connectivity index is 1.67. The zero-order valence-electron chi connectivity index (χ0n) is 14.8. The van der Waals surface area contributed by atoms with Gasteiger partial charge in [0.1, 0.15) is 5.69 Å². The highest BCUT2D eigenvalue weighted by atomic mass is 32.1. The first kappa shape index (κ1) is 18.0. The molecule has 1 saturated heterocycles. The molecule has 0 spiro atoms. The van der Waals surface area contributed by atoms with Crippen molar-refractivity contribution in [3.63, 3.8) is 0 Å². The number of hydrogen-bond acceptors (Lipinski definition) is 5. The molecule has 134 valence electrons. The molecule has 1 aromatic carbocycles. The summed E-state index contributed by atoms with van der Waals surface area (Å²) >= 11 is 1.52. The lowest BCUT2D eigenvalue weighted by atomic mass is 9.92. The molecule has 3 rings (SSSR count). The Kier molecular flexibility index (Phi) is 5.51. The molecule has 1 N–H and O–H groups in total. The minimum absolute atomic E-state index is 0.0764. The van der Waals surface area contributed by atoms with Crippen molar-refractivity contribution in [2.24, 2.45) is 0 Å². The predicted octanol–water partition coefficient (Wildman–Crippen LogP) is 2.26. The van der Waals surface area contributed by atoms with Crippen LogP contribution in [0.3, 0.4) is 0 Å². The molecular formula is C19H25N3O2S. The van der Waals surface area contributed by atoms with Gasteiger partial charge < -0.3 is 14.9 Å². The number of carbonyl (C=O) groups excluding carboxylic acids is 1. The van der Waals surface area contributed by atoms with Crippen molar-refractivity contribution in [3.05, 3.63) is 52.0 Å². The van der Waals surface area contributed by atoms with Gasteiger partial charge in [0, 0.05) is 24.9 Å². The van der Waals surface area contributed by atoms with Gasteiger partial charge in [0.25, 0.3) is 5.91 Å². The Morgan fingerprint density at radius 2 is 2.12 bits per heavy atom. The maximum atomic E-state index is 12.8. The number of benzene rings is 1. The number of likely N-dealkylation sites (tertiary alicyclic amines) is 1. The van der Waals surface area contributed by atoms with Crippen LogP contribution >= 0.6 is 11.3 Å². The molecule has 6 heteroatoms. The van der Waals surface area contributed by atoms with Crippen molar-refractivity contribution in [3.8, 4) is 0 Å². The van der Waals surface area contributed by atoms with E-state index in [1.54, 1.807) is 4.90 Å². The van der Waals surface area contributed by atoms with Gasteiger partial charge in [-0.15, -0.1) is 11.3 Å². The van der Waals surface area contributed by atoms with E-state index in [0.29, 0.717) is 25.3 Å². The summed E-state index contributed by atoms with van der Waals surface area (Å²) in [7, 11) is 3.88. The third-order valence-corrected chi connectivity index (χ3v) is 5.27. The van der Waals surface area contributed by atoms with Crippen LogP contribution < -0.4 is 0 Å². The van der Waals surface area contributed by atoms with Crippen molar-refractivity contribution in [2.45, 2.75) is 24.9 Å². The van der Waals surface area contributed by atoms with Crippen LogP contribution in [0.2, 0.25) is 0 Å². The second-order valence-corrected chi connectivity index (χ2v) is 8.02. The van der Waals surface area contributed by atoms with Gasteiger partial charge in [-0.05, 0) is 32.5 Å². The number of β-amino-alcohol motifs (C(OH)–C–C–N with tert-alkyl or cyclic N) is 1. The summed E-state index contributed by atoms with van der Waals surface area (Å²) in [6, 6.07) is 10.1. The summed E-state index contributed by atoms with van der Waals surface area (Å²) in [5, 5.41) is 13.5. The van der Waals surface area contributed by atoms with Gasteiger partial charge >= 0.3 is 0 Å². The van der Waals surface area contributed by atoms with Gasteiger partial charge in [-0.3, -0.25) is 4.79 Å². The van der Waals surface area contributed by atoms with Crippen LogP contribution in [0.4, 0.5) is 0 Å². The minimum Gasteiger partial charge on any atom is -0.387 e. The van der Waals surface area contributed by atoms with Crippen molar-refractivity contribution in [1.29, 1.82) is 0 Å². The second kappa shape index (κ2) is 7.64. The first-order valence-corrected chi connectivity index (χ1v) is 9.48.